The largest absolute Gasteiger partial charge is 0.346 e. The first-order valence-electron chi connectivity index (χ1n) is 8.98. The first-order valence-corrected chi connectivity index (χ1v) is 8.98. The maximum Gasteiger partial charge on any atom is 0.270 e. The van der Waals surface area contributed by atoms with Crippen LogP contribution in [0.1, 0.15) is 47.8 Å². The zero-order chi connectivity index (χ0) is 19.3. The van der Waals surface area contributed by atoms with E-state index >= 15 is 0 Å². The molecule has 1 N–H and O–H groups in total. The molecule has 1 aromatic heterocycles. The molecule has 0 saturated heterocycles. The van der Waals surface area contributed by atoms with E-state index in [-0.39, 0.29) is 17.6 Å². The van der Waals surface area contributed by atoms with Crippen LogP contribution in [0.3, 0.4) is 0 Å². The number of benzene rings is 2. The predicted molar refractivity (Wildman–Crippen MR) is 105 cm³/mol. The normalized spacial score (nSPS) is 12.4. The fraction of sp³-hybridized carbons (Fsp3) is 0.217. The van der Waals surface area contributed by atoms with E-state index in [1.54, 1.807) is 24.4 Å². The summed E-state index contributed by atoms with van der Waals surface area (Å²) in [6.07, 6.45) is 2.27. The summed E-state index contributed by atoms with van der Waals surface area (Å²) in [7, 11) is 0. The quantitative estimate of drug-likeness (QED) is 0.674. The van der Waals surface area contributed by atoms with Crippen molar-refractivity contribution in [2.45, 2.75) is 31.7 Å². The summed E-state index contributed by atoms with van der Waals surface area (Å²) in [5.74, 6) is -0.425. The molecule has 1 heterocycles. The van der Waals surface area contributed by atoms with E-state index in [9.17, 15) is 9.18 Å². The molecule has 1 amide bonds. The second kappa shape index (κ2) is 8.12. The number of amides is 1. The topological polar surface area (TPSA) is 42.0 Å². The molecule has 0 bridgehead atoms. The summed E-state index contributed by atoms with van der Waals surface area (Å²) in [5, 5.41) is 3.08. The minimum Gasteiger partial charge on any atom is -0.346 e. The number of hydrogen-bond donors (Lipinski definition) is 1. The smallest absolute Gasteiger partial charge is 0.270 e. The first-order chi connectivity index (χ1) is 12.9. The van der Waals surface area contributed by atoms with Crippen LogP contribution in [0.4, 0.5) is 4.39 Å². The molecule has 0 saturated carbocycles. The van der Waals surface area contributed by atoms with Gasteiger partial charge < -0.3 is 5.32 Å². The van der Waals surface area contributed by atoms with Gasteiger partial charge in [-0.25, -0.2) is 4.39 Å². The van der Waals surface area contributed by atoms with Crippen LogP contribution in [0, 0.1) is 5.82 Å². The van der Waals surface area contributed by atoms with Crippen molar-refractivity contribution in [1.82, 2.24) is 10.3 Å². The molecule has 0 spiro atoms. The van der Waals surface area contributed by atoms with Crippen LogP contribution in [0.25, 0.3) is 0 Å². The Labute approximate surface area is 159 Å². The molecule has 4 heteroatoms. The lowest BCUT2D eigenvalue weighted by molar-refractivity contribution is 0.0902. The van der Waals surface area contributed by atoms with Gasteiger partial charge in [0.2, 0.25) is 0 Å². The molecule has 27 heavy (non-hydrogen) atoms. The number of pyridine rings is 1. The second-order valence-electron chi connectivity index (χ2n) is 7.27. The summed E-state index contributed by atoms with van der Waals surface area (Å²) in [6.45, 7) is 3.99. The van der Waals surface area contributed by atoms with Crippen LogP contribution in [0.2, 0.25) is 0 Å². The van der Waals surface area contributed by atoms with E-state index in [0.717, 1.165) is 11.1 Å². The Balaban J connectivity index is 1.84. The summed E-state index contributed by atoms with van der Waals surface area (Å²) >= 11 is 0. The Morgan fingerprint density at radius 2 is 1.59 bits per heavy atom. The minimum absolute atomic E-state index is 0.0332. The monoisotopic (exact) mass is 362 g/mol. The van der Waals surface area contributed by atoms with Gasteiger partial charge in [-0.2, -0.15) is 0 Å². The molecular formula is C23H23FN2O. The Morgan fingerprint density at radius 1 is 0.963 bits per heavy atom. The molecule has 138 valence electrons. The van der Waals surface area contributed by atoms with Crippen LogP contribution in [0.5, 0.6) is 0 Å². The van der Waals surface area contributed by atoms with E-state index in [0.29, 0.717) is 12.1 Å². The molecule has 0 aliphatic heterocycles. The van der Waals surface area contributed by atoms with Crippen molar-refractivity contribution in [3.05, 3.63) is 102 Å². The average Bonchev–Trinajstić information content (AvgIpc) is 2.68. The zero-order valence-corrected chi connectivity index (χ0v) is 15.5. The minimum atomic E-state index is -0.483. The van der Waals surface area contributed by atoms with Gasteiger partial charge in [0, 0.05) is 17.7 Å². The molecule has 0 unspecified atom stereocenters. The fourth-order valence-electron chi connectivity index (χ4n) is 3.24. The fourth-order valence-corrected chi connectivity index (χ4v) is 3.24. The van der Waals surface area contributed by atoms with Gasteiger partial charge in [0.25, 0.3) is 5.91 Å². The van der Waals surface area contributed by atoms with Crippen molar-refractivity contribution in [2.24, 2.45) is 0 Å². The molecule has 3 aromatic rings. The van der Waals surface area contributed by atoms with Crippen LogP contribution < -0.4 is 5.32 Å². The van der Waals surface area contributed by atoms with E-state index < -0.39 is 5.54 Å². The van der Waals surface area contributed by atoms with Gasteiger partial charge in [0.05, 0.1) is 0 Å². The lowest BCUT2D eigenvalue weighted by Gasteiger charge is -2.31. The molecular weight excluding hydrogens is 339 g/mol. The summed E-state index contributed by atoms with van der Waals surface area (Å²) in [6, 6.07) is 21.9. The predicted octanol–water partition coefficient (Wildman–Crippen LogP) is 4.95. The number of halogens is 1. The molecule has 2 aromatic carbocycles. The van der Waals surface area contributed by atoms with Gasteiger partial charge in [-0.3, -0.25) is 9.78 Å². The SMILES string of the molecule is CC(C)(C[C@@H](c1ccccc1)c1ccc(F)cc1)NC(=O)c1ccccn1. The summed E-state index contributed by atoms with van der Waals surface area (Å²) in [4.78, 5) is 16.7. The van der Waals surface area contributed by atoms with Gasteiger partial charge in [-0.05, 0) is 55.7 Å². The molecule has 3 nitrogen and oxygen atoms in total. The van der Waals surface area contributed by atoms with Crippen molar-refractivity contribution in [3.63, 3.8) is 0 Å². The number of nitrogens with zero attached hydrogens (tertiary/aromatic N) is 1. The maximum atomic E-state index is 13.4. The van der Waals surface area contributed by atoms with Crippen molar-refractivity contribution in [2.75, 3.05) is 0 Å². The Morgan fingerprint density at radius 3 is 2.22 bits per heavy atom. The highest BCUT2D eigenvalue weighted by atomic mass is 19.1. The number of rotatable bonds is 6. The Bertz CT molecular complexity index is 877. The number of carbonyl (C=O) groups excluding carboxylic acids is 1. The van der Waals surface area contributed by atoms with Crippen LogP contribution in [-0.2, 0) is 0 Å². The van der Waals surface area contributed by atoms with E-state index in [4.69, 9.17) is 0 Å². The van der Waals surface area contributed by atoms with Gasteiger partial charge >= 0.3 is 0 Å². The van der Waals surface area contributed by atoms with Crippen molar-refractivity contribution < 1.29 is 9.18 Å². The van der Waals surface area contributed by atoms with Crippen molar-refractivity contribution in [1.29, 1.82) is 0 Å². The average molecular weight is 362 g/mol. The Hall–Kier alpha value is -3.01. The Kier molecular flexibility index (Phi) is 5.65. The third-order valence-electron chi connectivity index (χ3n) is 4.54. The highest BCUT2D eigenvalue weighted by Crippen LogP contribution is 2.32. The molecule has 0 radical (unpaired) electrons. The van der Waals surface area contributed by atoms with E-state index in [2.05, 4.69) is 22.4 Å². The zero-order valence-electron chi connectivity index (χ0n) is 15.5. The molecule has 0 fully saturated rings. The number of nitrogens with one attached hydrogen (secondary N) is 1. The van der Waals surface area contributed by atoms with E-state index in [1.165, 1.54) is 12.1 Å². The molecule has 0 aliphatic carbocycles. The maximum absolute atomic E-state index is 13.4. The first kappa shape index (κ1) is 18.8. The van der Waals surface area contributed by atoms with Crippen molar-refractivity contribution in [3.8, 4) is 0 Å². The number of aromatic nitrogens is 1. The van der Waals surface area contributed by atoms with Crippen LogP contribution >= 0.6 is 0 Å². The van der Waals surface area contributed by atoms with Gasteiger partial charge in [0.15, 0.2) is 0 Å². The standard InChI is InChI=1S/C23H23FN2O/c1-23(2,26-22(27)21-10-6-7-15-25-21)16-20(17-8-4-3-5-9-17)18-11-13-19(24)14-12-18/h3-15,20H,16H2,1-2H3,(H,26,27)/t20-/m0/s1. The van der Waals surface area contributed by atoms with Gasteiger partial charge in [-0.1, -0.05) is 48.5 Å². The lowest BCUT2D eigenvalue weighted by atomic mass is 9.81. The van der Waals surface area contributed by atoms with Crippen LogP contribution in [0.15, 0.2) is 79.0 Å². The van der Waals surface area contributed by atoms with Gasteiger partial charge in [0.1, 0.15) is 11.5 Å². The number of hydrogen-bond acceptors (Lipinski definition) is 2. The third-order valence-corrected chi connectivity index (χ3v) is 4.54. The highest BCUT2D eigenvalue weighted by Gasteiger charge is 2.28. The molecule has 0 aliphatic rings. The summed E-state index contributed by atoms with van der Waals surface area (Å²) in [5.41, 5.74) is 2.05. The molecule has 3 rings (SSSR count). The summed E-state index contributed by atoms with van der Waals surface area (Å²) < 4.78 is 13.4. The van der Waals surface area contributed by atoms with Crippen LogP contribution in [-0.4, -0.2) is 16.4 Å². The number of carbonyl (C=O) groups is 1. The second-order valence-corrected chi connectivity index (χ2v) is 7.27. The highest BCUT2D eigenvalue weighted by molar-refractivity contribution is 5.92. The van der Waals surface area contributed by atoms with E-state index in [1.807, 2.05) is 44.2 Å². The molecule has 1 atom stereocenters. The third kappa shape index (κ3) is 5.00. The lowest BCUT2D eigenvalue weighted by Crippen LogP contribution is -2.44. The van der Waals surface area contributed by atoms with Crippen molar-refractivity contribution >= 4 is 5.91 Å². The van der Waals surface area contributed by atoms with Gasteiger partial charge in [-0.15, -0.1) is 0 Å².